The molecule has 3 aliphatic rings. The molecule has 0 spiro atoms. The highest BCUT2D eigenvalue weighted by Gasteiger charge is 2.31. The predicted octanol–water partition coefficient (Wildman–Crippen LogP) is 6.95. The molecule has 0 bridgehead atoms. The number of hydrogen-bond donors (Lipinski definition) is 0. The SMILES string of the molecule is CC.CC#N.CC(C)N1C(C)CC(C#N)CC1C.CC(C)N1CCCCC1.CN1CCCCC1. The molecule has 3 fully saturated rings. The van der Waals surface area contributed by atoms with Crippen LogP contribution in [0.1, 0.15) is 114 Å². The highest BCUT2D eigenvalue weighted by Crippen LogP contribution is 2.28. The number of hydrogen-bond acceptors (Lipinski definition) is 5. The molecule has 0 saturated carbocycles. The molecule has 5 nitrogen and oxygen atoms in total. The smallest absolute Gasteiger partial charge is 0.0657 e. The third-order valence-electron chi connectivity index (χ3n) is 6.75. The van der Waals surface area contributed by atoms with Crippen molar-refractivity contribution in [3.05, 3.63) is 0 Å². The van der Waals surface area contributed by atoms with Crippen molar-refractivity contribution < 1.29 is 0 Å². The second-order valence-electron chi connectivity index (χ2n) is 10.3. The number of likely N-dealkylation sites (tertiary alicyclic amines) is 3. The van der Waals surface area contributed by atoms with Crippen molar-refractivity contribution in [3.63, 3.8) is 0 Å². The molecule has 200 valence electrons. The highest BCUT2D eigenvalue weighted by molar-refractivity contribution is 4.94. The van der Waals surface area contributed by atoms with Crippen LogP contribution in [0.5, 0.6) is 0 Å². The molecule has 0 aromatic rings. The van der Waals surface area contributed by atoms with Gasteiger partial charge in [-0.2, -0.15) is 10.5 Å². The largest absolute Gasteiger partial charge is 0.306 e. The van der Waals surface area contributed by atoms with Crippen molar-refractivity contribution in [2.75, 3.05) is 33.2 Å². The summed E-state index contributed by atoms with van der Waals surface area (Å²) in [6.45, 7) is 24.2. The molecule has 0 aromatic carbocycles. The Labute approximate surface area is 214 Å². The minimum absolute atomic E-state index is 0.278. The summed E-state index contributed by atoms with van der Waals surface area (Å²) >= 11 is 0. The first kappa shape index (κ1) is 35.0. The van der Waals surface area contributed by atoms with Crippen LogP contribution < -0.4 is 0 Å². The Morgan fingerprint density at radius 2 is 1.09 bits per heavy atom. The van der Waals surface area contributed by atoms with Crippen LogP contribution in [0, 0.1) is 28.6 Å². The van der Waals surface area contributed by atoms with Gasteiger partial charge in [0.05, 0.1) is 12.1 Å². The Kier molecular flexibility index (Phi) is 23.0. The van der Waals surface area contributed by atoms with E-state index in [9.17, 15) is 0 Å². The van der Waals surface area contributed by atoms with Crippen molar-refractivity contribution in [3.8, 4) is 12.1 Å². The molecular weight excluding hydrogens is 418 g/mol. The topological polar surface area (TPSA) is 57.3 Å². The molecule has 2 atom stereocenters. The van der Waals surface area contributed by atoms with Crippen LogP contribution in [-0.2, 0) is 0 Å². The van der Waals surface area contributed by atoms with Crippen molar-refractivity contribution in [1.82, 2.24) is 14.7 Å². The molecule has 2 unspecified atom stereocenters. The maximum atomic E-state index is 8.88. The molecule has 0 amide bonds. The lowest BCUT2D eigenvalue weighted by atomic mass is 9.87. The second kappa shape index (κ2) is 22.3. The predicted molar refractivity (Wildman–Crippen MR) is 149 cm³/mol. The van der Waals surface area contributed by atoms with Crippen LogP contribution in [0.15, 0.2) is 0 Å². The van der Waals surface area contributed by atoms with E-state index in [1.54, 1.807) is 6.07 Å². The number of rotatable bonds is 2. The minimum atomic E-state index is 0.278. The molecule has 0 aromatic heterocycles. The van der Waals surface area contributed by atoms with Crippen molar-refractivity contribution in [1.29, 1.82) is 10.5 Å². The van der Waals surface area contributed by atoms with E-state index in [4.69, 9.17) is 10.5 Å². The zero-order valence-electron chi connectivity index (χ0n) is 24.6. The summed E-state index contributed by atoms with van der Waals surface area (Å²) in [5.41, 5.74) is 0. The molecular formula is C29H59N5. The number of nitriles is 2. The maximum absolute atomic E-state index is 8.88. The van der Waals surface area contributed by atoms with E-state index in [-0.39, 0.29) is 5.92 Å². The Morgan fingerprint density at radius 3 is 1.32 bits per heavy atom. The van der Waals surface area contributed by atoms with E-state index in [1.165, 1.54) is 71.6 Å². The van der Waals surface area contributed by atoms with Gasteiger partial charge >= 0.3 is 0 Å². The van der Waals surface area contributed by atoms with E-state index in [1.807, 2.05) is 13.8 Å². The summed E-state index contributed by atoms with van der Waals surface area (Å²) in [5, 5.41) is 16.2. The molecule has 3 saturated heterocycles. The minimum Gasteiger partial charge on any atom is -0.306 e. The van der Waals surface area contributed by atoms with Gasteiger partial charge in [0.2, 0.25) is 0 Å². The average Bonchev–Trinajstić information content (AvgIpc) is 2.82. The standard InChI is InChI=1S/C11H20N2.C8H17N.C6H13N.C2H3N.C2H6/c1-8(2)13-9(3)5-11(7-12)6-10(13)4;1-8(2)9-6-4-3-5-7-9;1-7-5-3-2-4-6-7;1-2-3;1-2/h8-11H,5-6H2,1-4H3;8H,3-7H2,1-2H3;2-6H2,1H3;1H3;1-2H3. The van der Waals surface area contributed by atoms with Crippen LogP contribution in [0.3, 0.4) is 0 Å². The molecule has 0 aliphatic carbocycles. The van der Waals surface area contributed by atoms with Gasteiger partial charge in [0, 0.05) is 37.0 Å². The zero-order chi connectivity index (χ0) is 26.5. The van der Waals surface area contributed by atoms with Crippen molar-refractivity contribution in [2.24, 2.45) is 5.92 Å². The Morgan fingerprint density at radius 1 is 0.706 bits per heavy atom. The molecule has 34 heavy (non-hydrogen) atoms. The van der Waals surface area contributed by atoms with E-state index in [0.29, 0.717) is 18.1 Å². The van der Waals surface area contributed by atoms with Gasteiger partial charge in [-0.05, 0) is 113 Å². The van der Waals surface area contributed by atoms with Crippen LogP contribution in [0.25, 0.3) is 0 Å². The van der Waals surface area contributed by atoms with Crippen LogP contribution in [0.4, 0.5) is 0 Å². The van der Waals surface area contributed by atoms with Gasteiger partial charge in [0.1, 0.15) is 0 Å². The first-order valence-corrected chi connectivity index (χ1v) is 14.1. The lowest BCUT2D eigenvalue weighted by Gasteiger charge is -2.43. The third-order valence-corrected chi connectivity index (χ3v) is 6.75. The number of piperidine rings is 3. The normalized spacial score (nSPS) is 25.5. The summed E-state index contributed by atoms with van der Waals surface area (Å²) in [7, 11) is 2.19. The summed E-state index contributed by atoms with van der Waals surface area (Å²) < 4.78 is 0. The molecule has 0 N–H and O–H groups in total. The fourth-order valence-electron chi connectivity index (χ4n) is 5.21. The first-order valence-electron chi connectivity index (χ1n) is 14.1. The second-order valence-corrected chi connectivity index (χ2v) is 10.3. The zero-order valence-corrected chi connectivity index (χ0v) is 24.6. The van der Waals surface area contributed by atoms with Crippen molar-refractivity contribution >= 4 is 0 Å². The average molecular weight is 478 g/mol. The molecule has 0 radical (unpaired) electrons. The van der Waals surface area contributed by atoms with Crippen LogP contribution >= 0.6 is 0 Å². The first-order chi connectivity index (χ1) is 16.2. The van der Waals surface area contributed by atoms with Gasteiger partial charge < -0.3 is 9.80 Å². The van der Waals surface area contributed by atoms with Gasteiger partial charge in [-0.1, -0.05) is 26.7 Å². The molecule has 3 heterocycles. The highest BCUT2D eigenvalue weighted by atomic mass is 15.2. The van der Waals surface area contributed by atoms with Crippen LogP contribution in [0.2, 0.25) is 0 Å². The summed E-state index contributed by atoms with van der Waals surface area (Å²) in [6, 6.07) is 6.64. The quantitative estimate of drug-likeness (QED) is 0.431. The van der Waals surface area contributed by atoms with E-state index in [2.05, 4.69) is 69.4 Å². The number of nitrogens with zero attached hydrogens (tertiary/aromatic N) is 5. The molecule has 3 rings (SSSR count). The Hall–Kier alpha value is -1.14. The summed E-state index contributed by atoms with van der Waals surface area (Å²) in [4.78, 5) is 7.47. The molecule has 5 heteroatoms. The van der Waals surface area contributed by atoms with Gasteiger partial charge in [-0.25, -0.2) is 0 Å². The lowest BCUT2D eigenvalue weighted by Crippen LogP contribution is -2.49. The Bertz CT molecular complexity index is 510. The maximum Gasteiger partial charge on any atom is 0.0657 e. The third kappa shape index (κ3) is 16.5. The summed E-state index contributed by atoms with van der Waals surface area (Å²) in [5.74, 6) is 0.278. The van der Waals surface area contributed by atoms with Gasteiger partial charge in [-0.3, -0.25) is 4.90 Å². The Balaban J connectivity index is 0. The van der Waals surface area contributed by atoms with Gasteiger partial charge in [0.15, 0.2) is 0 Å². The van der Waals surface area contributed by atoms with E-state index >= 15 is 0 Å². The van der Waals surface area contributed by atoms with Crippen LogP contribution in [-0.4, -0.2) is 72.1 Å². The fraction of sp³-hybridized carbons (Fsp3) is 0.931. The van der Waals surface area contributed by atoms with E-state index < -0.39 is 0 Å². The monoisotopic (exact) mass is 477 g/mol. The fourth-order valence-corrected chi connectivity index (χ4v) is 5.21. The van der Waals surface area contributed by atoms with Crippen molar-refractivity contribution in [2.45, 2.75) is 138 Å². The van der Waals surface area contributed by atoms with Gasteiger partial charge in [0.25, 0.3) is 0 Å². The van der Waals surface area contributed by atoms with Gasteiger partial charge in [-0.15, -0.1) is 0 Å². The van der Waals surface area contributed by atoms with E-state index in [0.717, 1.165) is 18.9 Å². The summed E-state index contributed by atoms with van der Waals surface area (Å²) in [6.07, 6.45) is 10.6. The lowest BCUT2D eigenvalue weighted by molar-refractivity contribution is 0.0549. The molecule has 3 aliphatic heterocycles.